The highest BCUT2D eigenvalue weighted by Gasteiger charge is 2.10. The molecule has 0 N–H and O–H groups in total. The number of nitriles is 1. The van der Waals surface area contributed by atoms with E-state index in [1.165, 1.54) is 6.07 Å². The zero-order chi connectivity index (χ0) is 16.8. The van der Waals surface area contributed by atoms with Gasteiger partial charge in [0.2, 0.25) is 5.88 Å². The van der Waals surface area contributed by atoms with E-state index in [0.717, 1.165) is 5.56 Å². The monoisotopic (exact) mass is 330 g/mol. The Labute approximate surface area is 139 Å². The van der Waals surface area contributed by atoms with Crippen molar-refractivity contribution in [3.05, 3.63) is 52.2 Å². The van der Waals surface area contributed by atoms with Crippen LogP contribution in [0.5, 0.6) is 11.6 Å². The number of rotatable bonds is 5. The number of aryl methyl sites for hydroxylation is 1. The Morgan fingerprint density at radius 3 is 2.83 bits per heavy atom. The van der Waals surface area contributed by atoms with Crippen molar-refractivity contribution in [1.29, 1.82) is 5.26 Å². The Balaban J connectivity index is 2.24. The van der Waals surface area contributed by atoms with Crippen molar-refractivity contribution in [2.75, 3.05) is 6.61 Å². The summed E-state index contributed by atoms with van der Waals surface area (Å²) in [6.45, 7) is 3.86. The van der Waals surface area contributed by atoms with Gasteiger partial charge >= 0.3 is 5.97 Å². The van der Waals surface area contributed by atoms with Crippen LogP contribution in [0.4, 0.5) is 0 Å². The zero-order valence-electron chi connectivity index (χ0n) is 12.8. The predicted molar refractivity (Wildman–Crippen MR) is 85.6 cm³/mol. The number of carbonyl (C=O) groups is 1. The molecule has 1 aromatic heterocycles. The smallest absolute Gasteiger partial charge is 0.310 e. The first-order chi connectivity index (χ1) is 11.0. The van der Waals surface area contributed by atoms with Crippen LogP contribution in [-0.4, -0.2) is 17.6 Å². The van der Waals surface area contributed by atoms with E-state index in [1.807, 2.05) is 6.07 Å². The Morgan fingerprint density at radius 1 is 1.35 bits per heavy atom. The maximum atomic E-state index is 11.6. The summed E-state index contributed by atoms with van der Waals surface area (Å²) < 4.78 is 10.6. The van der Waals surface area contributed by atoms with Crippen LogP contribution in [0.1, 0.15) is 23.7 Å². The number of hydrogen-bond acceptors (Lipinski definition) is 5. The molecule has 0 bridgehead atoms. The van der Waals surface area contributed by atoms with Crippen molar-refractivity contribution in [1.82, 2.24) is 4.98 Å². The number of hydrogen-bond donors (Lipinski definition) is 0. The molecule has 0 unspecified atom stereocenters. The number of aromatic nitrogens is 1. The average molecular weight is 331 g/mol. The van der Waals surface area contributed by atoms with Crippen LogP contribution in [-0.2, 0) is 16.0 Å². The van der Waals surface area contributed by atoms with E-state index >= 15 is 0 Å². The molecule has 2 aromatic rings. The van der Waals surface area contributed by atoms with Crippen molar-refractivity contribution in [2.45, 2.75) is 20.3 Å². The van der Waals surface area contributed by atoms with E-state index in [-0.39, 0.29) is 18.3 Å². The molecular formula is C17H15ClN2O3. The fraction of sp³-hybridized carbons (Fsp3) is 0.235. The molecule has 0 amide bonds. The van der Waals surface area contributed by atoms with Gasteiger partial charge in [-0.1, -0.05) is 17.7 Å². The lowest BCUT2D eigenvalue weighted by Gasteiger charge is -2.10. The Kier molecular flexibility index (Phi) is 5.56. The van der Waals surface area contributed by atoms with Crippen LogP contribution in [0.3, 0.4) is 0 Å². The third kappa shape index (κ3) is 4.70. The summed E-state index contributed by atoms with van der Waals surface area (Å²) in [5, 5.41) is 9.38. The molecule has 1 heterocycles. The fourth-order valence-electron chi connectivity index (χ4n) is 1.98. The standard InChI is InChI=1S/C17H15ClN2O3/c1-3-22-17(21)9-12-4-5-14(18)15(7-12)23-16-8-13(10-19)6-11(2)20-16/h4-8H,3,9H2,1-2H3. The lowest BCUT2D eigenvalue weighted by molar-refractivity contribution is -0.142. The van der Waals surface area contributed by atoms with Crippen molar-refractivity contribution in [3.63, 3.8) is 0 Å². The molecule has 118 valence electrons. The highest BCUT2D eigenvalue weighted by atomic mass is 35.5. The predicted octanol–water partition coefficient (Wildman–Crippen LogP) is 3.81. The number of pyridine rings is 1. The average Bonchev–Trinajstić information content (AvgIpc) is 2.50. The highest BCUT2D eigenvalue weighted by Crippen LogP contribution is 2.30. The normalized spacial score (nSPS) is 10.0. The van der Waals surface area contributed by atoms with Gasteiger partial charge in [-0.05, 0) is 37.6 Å². The second kappa shape index (κ2) is 7.61. The molecule has 0 radical (unpaired) electrons. The number of carbonyl (C=O) groups excluding carboxylic acids is 1. The molecule has 23 heavy (non-hydrogen) atoms. The molecule has 0 fully saturated rings. The molecule has 5 nitrogen and oxygen atoms in total. The summed E-state index contributed by atoms with van der Waals surface area (Å²) >= 11 is 6.12. The van der Waals surface area contributed by atoms with Gasteiger partial charge in [-0.3, -0.25) is 4.79 Å². The van der Waals surface area contributed by atoms with E-state index in [4.69, 9.17) is 26.3 Å². The molecule has 0 saturated heterocycles. The van der Waals surface area contributed by atoms with E-state index in [0.29, 0.717) is 28.6 Å². The Morgan fingerprint density at radius 2 is 2.13 bits per heavy atom. The minimum Gasteiger partial charge on any atom is -0.466 e. The minimum absolute atomic E-state index is 0.131. The number of nitrogens with zero attached hydrogens (tertiary/aromatic N) is 2. The summed E-state index contributed by atoms with van der Waals surface area (Å²) in [6.07, 6.45) is 0.131. The zero-order valence-corrected chi connectivity index (χ0v) is 13.6. The van der Waals surface area contributed by atoms with Crippen LogP contribution in [0.2, 0.25) is 5.02 Å². The van der Waals surface area contributed by atoms with Crippen molar-refractivity contribution < 1.29 is 14.3 Å². The van der Waals surface area contributed by atoms with Gasteiger partial charge in [-0.15, -0.1) is 0 Å². The van der Waals surface area contributed by atoms with Gasteiger partial charge in [-0.2, -0.15) is 5.26 Å². The number of benzene rings is 1. The van der Waals surface area contributed by atoms with Gasteiger partial charge in [-0.25, -0.2) is 4.98 Å². The highest BCUT2D eigenvalue weighted by molar-refractivity contribution is 6.32. The minimum atomic E-state index is -0.318. The van der Waals surface area contributed by atoms with Crippen molar-refractivity contribution in [2.24, 2.45) is 0 Å². The Bertz CT molecular complexity index is 769. The quantitative estimate of drug-likeness (QED) is 0.779. The number of ether oxygens (including phenoxy) is 2. The van der Waals surface area contributed by atoms with Crippen LogP contribution < -0.4 is 4.74 Å². The van der Waals surface area contributed by atoms with Gasteiger partial charge < -0.3 is 9.47 Å². The van der Waals surface area contributed by atoms with Gasteiger partial charge in [0.25, 0.3) is 0 Å². The van der Waals surface area contributed by atoms with Gasteiger partial charge in [0.1, 0.15) is 5.75 Å². The maximum Gasteiger partial charge on any atom is 0.310 e. The molecule has 0 spiro atoms. The van der Waals surface area contributed by atoms with Crippen LogP contribution >= 0.6 is 11.6 Å². The van der Waals surface area contributed by atoms with Gasteiger partial charge in [0.05, 0.1) is 29.7 Å². The molecule has 2 rings (SSSR count). The molecule has 0 aliphatic rings. The fourth-order valence-corrected chi connectivity index (χ4v) is 2.14. The molecule has 6 heteroatoms. The first-order valence-corrected chi connectivity index (χ1v) is 7.40. The molecule has 1 aromatic carbocycles. The molecule has 0 aliphatic heterocycles. The van der Waals surface area contributed by atoms with E-state index in [1.54, 1.807) is 38.1 Å². The van der Waals surface area contributed by atoms with E-state index < -0.39 is 0 Å². The lowest BCUT2D eigenvalue weighted by Crippen LogP contribution is -2.07. The second-order valence-electron chi connectivity index (χ2n) is 4.80. The van der Waals surface area contributed by atoms with Gasteiger partial charge in [0, 0.05) is 11.8 Å². The summed E-state index contributed by atoms with van der Waals surface area (Å²) in [5.74, 6) is 0.327. The van der Waals surface area contributed by atoms with Crippen molar-refractivity contribution in [3.8, 4) is 17.7 Å². The van der Waals surface area contributed by atoms with Crippen molar-refractivity contribution >= 4 is 17.6 Å². The van der Waals surface area contributed by atoms with Crippen LogP contribution in [0, 0.1) is 18.3 Å². The Hall–Kier alpha value is -2.58. The summed E-state index contributed by atoms with van der Waals surface area (Å²) in [5.41, 5.74) is 1.83. The van der Waals surface area contributed by atoms with Crippen LogP contribution in [0.25, 0.3) is 0 Å². The molecule has 0 saturated carbocycles. The maximum absolute atomic E-state index is 11.6. The van der Waals surface area contributed by atoms with Gasteiger partial charge in [0.15, 0.2) is 0 Å². The van der Waals surface area contributed by atoms with E-state index in [2.05, 4.69) is 4.98 Å². The topological polar surface area (TPSA) is 72.2 Å². The third-order valence-electron chi connectivity index (χ3n) is 2.92. The first-order valence-electron chi connectivity index (χ1n) is 7.02. The first kappa shape index (κ1) is 16.8. The summed E-state index contributed by atoms with van der Waals surface area (Å²) in [4.78, 5) is 15.8. The second-order valence-corrected chi connectivity index (χ2v) is 5.20. The number of halogens is 1. The largest absolute Gasteiger partial charge is 0.466 e. The lowest BCUT2D eigenvalue weighted by atomic mass is 10.1. The third-order valence-corrected chi connectivity index (χ3v) is 3.24. The summed E-state index contributed by atoms with van der Waals surface area (Å²) in [7, 11) is 0. The molecular weight excluding hydrogens is 316 g/mol. The molecule has 0 aliphatic carbocycles. The summed E-state index contributed by atoms with van der Waals surface area (Å²) in [6, 6.07) is 10.3. The van der Waals surface area contributed by atoms with Crippen LogP contribution in [0.15, 0.2) is 30.3 Å². The molecule has 0 atom stereocenters. The van der Waals surface area contributed by atoms with E-state index in [9.17, 15) is 4.79 Å². The number of esters is 1. The SMILES string of the molecule is CCOC(=O)Cc1ccc(Cl)c(Oc2cc(C#N)cc(C)n2)c1.